The van der Waals surface area contributed by atoms with Crippen LogP contribution in [-0.2, 0) is 6.42 Å². The molecular weight excluding hydrogens is 446 g/mol. The molecule has 35 heavy (non-hydrogen) atoms. The van der Waals surface area contributed by atoms with Gasteiger partial charge in [-0.3, -0.25) is 9.78 Å². The summed E-state index contributed by atoms with van der Waals surface area (Å²) in [5, 5.41) is 1.09. The van der Waals surface area contributed by atoms with Gasteiger partial charge in [0.2, 0.25) is 0 Å². The van der Waals surface area contributed by atoms with Crippen LogP contribution in [0.2, 0.25) is 0 Å². The lowest BCUT2D eigenvalue weighted by Gasteiger charge is -2.29. The highest BCUT2D eigenvalue weighted by molar-refractivity contribution is 6.02. The maximum Gasteiger partial charge on any atom is 0.326 e. The predicted octanol–water partition coefficient (Wildman–Crippen LogP) is 2.60. The van der Waals surface area contributed by atoms with Gasteiger partial charge >= 0.3 is 5.69 Å². The molecule has 0 spiro atoms. The van der Waals surface area contributed by atoms with Crippen molar-refractivity contribution in [3.05, 3.63) is 68.8 Å². The number of methoxy groups -OCH3 is 1. The van der Waals surface area contributed by atoms with Gasteiger partial charge in [0.1, 0.15) is 17.3 Å². The summed E-state index contributed by atoms with van der Waals surface area (Å²) in [6, 6.07) is 9.54. The minimum absolute atomic E-state index is 0.412. The van der Waals surface area contributed by atoms with E-state index in [4.69, 9.17) is 9.47 Å². The van der Waals surface area contributed by atoms with E-state index in [-0.39, 0.29) is 0 Å². The number of fused-ring (bicyclic) bond motifs is 6. The fourth-order valence-corrected chi connectivity index (χ4v) is 5.55. The van der Waals surface area contributed by atoms with Gasteiger partial charge in [-0.15, -0.1) is 0 Å². The first kappa shape index (κ1) is 21.8. The van der Waals surface area contributed by atoms with Gasteiger partial charge in [-0.1, -0.05) is 6.07 Å². The lowest BCUT2D eigenvalue weighted by atomic mass is 9.86. The normalized spacial score (nSPS) is 19.5. The SMILES string of the molecule is COc1cccc2c1[C@@H]1CN(CCCCc3ncc4c(ccc5c(=O)[nH]c(=O)[nH]c54)n3)C[C@H]1CO2. The maximum atomic E-state index is 12.0. The van der Waals surface area contributed by atoms with E-state index in [1.165, 1.54) is 5.56 Å². The molecule has 2 aromatic heterocycles. The zero-order valence-electron chi connectivity index (χ0n) is 19.5. The number of H-pyrrole nitrogens is 2. The smallest absolute Gasteiger partial charge is 0.326 e. The van der Waals surface area contributed by atoms with Crippen LogP contribution in [0.5, 0.6) is 11.5 Å². The van der Waals surface area contributed by atoms with Gasteiger partial charge < -0.3 is 19.4 Å². The van der Waals surface area contributed by atoms with E-state index in [1.54, 1.807) is 25.4 Å². The fraction of sp³-hybridized carbons (Fsp3) is 0.385. The van der Waals surface area contributed by atoms with Crippen LogP contribution in [0, 0.1) is 5.92 Å². The highest BCUT2D eigenvalue weighted by Crippen LogP contribution is 2.46. The third-order valence-corrected chi connectivity index (χ3v) is 7.24. The Kier molecular flexibility index (Phi) is 5.49. The second-order valence-electron chi connectivity index (χ2n) is 9.38. The largest absolute Gasteiger partial charge is 0.496 e. The third kappa shape index (κ3) is 3.95. The van der Waals surface area contributed by atoms with Crippen molar-refractivity contribution in [2.45, 2.75) is 25.2 Å². The van der Waals surface area contributed by atoms with Gasteiger partial charge in [0.25, 0.3) is 5.56 Å². The minimum Gasteiger partial charge on any atom is -0.496 e. The summed E-state index contributed by atoms with van der Waals surface area (Å²) in [5.41, 5.74) is 1.47. The number of hydrogen-bond donors (Lipinski definition) is 2. The number of nitrogens with one attached hydrogen (secondary N) is 2. The molecule has 9 heteroatoms. The molecule has 0 amide bonds. The van der Waals surface area contributed by atoms with Crippen LogP contribution >= 0.6 is 0 Å². The monoisotopic (exact) mass is 473 g/mol. The number of likely N-dealkylation sites (tertiary alicyclic amines) is 1. The predicted molar refractivity (Wildman–Crippen MR) is 132 cm³/mol. The molecule has 1 saturated heterocycles. The van der Waals surface area contributed by atoms with Crippen LogP contribution in [0.1, 0.15) is 30.1 Å². The molecule has 2 atom stereocenters. The molecule has 9 nitrogen and oxygen atoms in total. The molecule has 6 rings (SSSR count). The summed E-state index contributed by atoms with van der Waals surface area (Å²) in [5.74, 6) is 3.60. The number of unbranched alkanes of at least 4 members (excludes halogenated alkanes) is 1. The summed E-state index contributed by atoms with van der Waals surface area (Å²) in [6.45, 7) is 3.86. The maximum absolute atomic E-state index is 12.0. The van der Waals surface area contributed by atoms with Gasteiger partial charge in [0, 0.05) is 48.5 Å². The summed E-state index contributed by atoms with van der Waals surface area (Å²) in [4.78, 5) is 40.4. The Hall–Kier alpha value is -3.72. The number of benzene rings is 2. The van der Waals surface area contributed by atoms with Crippen molar-refractivity contribution in [3.8, 4) is 11.5 Å². The Morgan fingerprint density at radius 1 is 1.11 bits per heavy atom. The first-order chi connectivity index (χ1) is 17.1. The van der Waals surface area contributed by atoms with Crippen LogP contribution in [0.3, 0.4) is 0 Å². The molecule has 4 heterocycles. The average Bonchev–Trinajstić information content (AvgIpc) is 3.29. The quantitative estimate of drug-likeness (QED) is 0.327. The van der Waals surface area contributed by atoms with Crippen molar-refractivity contribution in [1.29, 1.82) is 0 Å². The van der Waals surface area contributed by atoms with Crippen molar-refractivity contribution in [3.63, 3.8) is 0 Å². The Morgan fingerprint density at radius 3 is 2.91 bits per heavy atom. The molecule has 2 N–H and O–H groups in total. The van der Waals surface area contributed by atoms with E-state index in [0.717, 1.165) is 68.3 Å². The van der Waals surface area contributed by atoms with Crippen LogP contribution < -0.4 is 20.7 Å². The van der Waals surface area contributed by atoms with Crippen molar-refractivity contribution < 1.29 is 9.47 Å². The summed E-state index contributed by atoms with van der Waals surface area (Å²) < 4.78 is 11.6. The Bertz CT molecular complexity index is 1510. The highest BCUT2D eigenvalue weighted by atomic mass is 16.5. The molecular formula is C26H27N5O4. The van der Waals surface area contributed by atoms with Crippen LogP contribution in [0.15, 0.2) is 46.1 Å². The van der Waals surface area contributed by atoms with Gasteiger partial charge in [-0.25, -0.2) is 14.8 Å². The molecule has 4 aromatic rings. The average molecular weight is 474 g/mol. The van der Waals surface area contributed by atoms with Gasteiger partial charge in [-0.2, -0.15) is 0 Å². The number of aromatic amines is 2. The summed E-state index contributed by atoms with van der Waals surface area (Å²) >= 11 is 0. The van der Waals surface area contributed by atoms with Crippen molar-refractivity contribution >= 4 is 21.8 Å². The molecule has 0 saturated carbocycles. The second-order valence-corrected chi connectivity index (χ2v) is 9.38. The number of rotatable bonds is 6. The van der Waals surface area contributed by atoms with Gasteiger partial charge in [-0.05, 0) is 43.7 Å². The standard InChI is InChI=1S/C26H27N5O4/c1-34-20-5-4-6-21-23(20)18-13-31(12-15(18)14-35-21)10-3-2-7-22-27-11-17-19(28-22)9-8-16-24(17)29-26(33)30-25(16)32/h4-6,8-9,11,15,18H,2-3,7,10,12-14H2,1H3,(H2,29,30,32,33)/t15-,18+/m0/s1. The van der Waals surface area contributed by atoms with Crippen molar-refractivity contribution in [2.75, 3.05) is 33.4 Å². The summed E-state index contributed by atoms with van der Waals surface area (Å²) in [7, 11) is 1.72. The van der Waals surface area contributed by atoms with E-state index in [1.807, 2.05) is 18.2 Å². The number of ether oxygens (including phenoxy) is 2. The first-order valence-electron chi connectivity index (χ1n) is 12.0. The molecule has 2 aliphatic rings. The van der Waals surface area contributed by atoms with Gasteiger partial charge in [0.15, 0.2) is 0 Å². The molecule has 0 radical (unpaired) electrons. The zero-order chi connectivity index (χ0) is 23.9. The zero-order valence-corrected chi connectivity index (χ0v) is 19.5. The Labute approximate surface area is 201 Å². The lowest BCUT2D eigenvalue weighted by Crippen LogP contribution is -2.25. The van der Waals surface area contributed by atoms with E-state index in [0.29, 0.717) is 28.1 Å². The second kappa shape index (κ2) is 8.81. The van der Waals surface area contributed by atoms with E-state index in [2.05, 4.69) is 24.8 Å². The first-order valence-corrected chi connectivity index (χ1v) is 12.0. The van der Waals surface area contributed by atoms with Crippen molar-refractivity contribution in [1.82, 2.24) is 24.8 Å². The van der Waals surface area contributed by atoms with Crippen LogP contribution in [-0.4, -0.2) is 58.2 Å². The summed E-state index contributed by atoms with van der Waals surface area (Å²) in [6.07, 6.45) is 4.52. The highest BCUT2D eigenvalue weighted by Gasteiger charge is 2.40. The Balaban J connectivity index is 1.09. The van der Waals surface area contributed by atoms with Crippen LogP contribution in [0.25, 0.3) is 21.8 Å². The molecule has 1 fully saturated rings. The number of aromatic nitrogens is 4. The van der Waals surface area contributed by atoms with Crippen molar-refractivity contribution in [2.24, 2.45) is 5.92 Å². The van der Waals surface area contributed by atoms with Crippen LogP contribution in [0.4, 0.5) is 0 Å². The number of nitrogens with zero attached hydrogens (tertiary/aromatic N) is 3. The van der Waals surface area contributed by atoms with E-state index in [9.17, 15) is 9.59 Å². The third-order valence-electron chi connectivity index (χ3n) is 7.24. The molecule has 0 bridgehead atoms. The molecule has 2 aliphatic heterocycles. The molecule has 0 aliphatic carbocycles. The molecule has 2 aromatic carbocycles. The number of aryl methyl sites for hydroxylation is 1. The van der Waals surface area contributed by atoms with E-state index < -0.39 is 11.2 Å². The minimum atomic E-state index is -0.533. The molecule has 0 unspecified atom stereocenters. The Morgan fingerprint density at radius 2 is 2.03 bits per heavy atom. The number of hydrogen-bond acceptors (Lipinski definition) is 7. The topological polar surface area (TPSA) is 113 Å². The molecule has 180 valence electrons. The lowest BCUT2D eigenvalue weighted by molar-refractivity contribution is 0.209. The van der Waals surface area contributed by atoms with Gasteiger partial charge in [0.05, 0.1) is 30.1 Å². The van der Waals surface area contributed by atoms with E-state index >= 15 is 0 Å². The fourth-order valence-electron chi connectivity index (χ4n) is 5.55.